The molecule has 0 saturated carbocycles. The van der Waals surface area contributed by atoms with Gasteiger partial charge < -0.3 is 0 Å². The van der Waals surface area contributed by atoms with Crippen LogP contribution in [0.1, 0.15) is 36.1 Å². The standard InChI is InChI=1S/C19H21N/c1-2-15-20-18(16-9-5-3-6-10-16)13-14-19(20)17-11-7-4-8-12-17/h2-12,18-19H,1,13-15H2/t18-,19-/m0/s1. The summed E-state index contributed by atoms with van der Waals surface area (Å²) in [6.45, 7) is 4.88. The zero-order valence-corrected chi connectivity index (χ0v) is 11.8. The van der Waals surface area contributed by atoms with Crippen LogP contribution in [-0.4, -0.2) is 11.4 Å². The minimum Gasteiger partial charge on any atom is -0.286 e. The minimum absolute atomic E-state index is 0.513. The zero-order chi connectivity index (χ0) is 13.8. The molecule has 1 heteroatoms. The van der Waals surface area contributed by atoms with E-state index >= 15 is 0 Å². The maximum atomic E-state index is 3.94. The van der Waals surface area contributed by atoms with Gasteiger partial charge in [0.1, 0.15) is 0 Å². The predicted octanol–water partition coefficient (Wildman–Crippen LogP) is 4.75. The van der Waals surface area contributed by atoms with Gasteiger partial charge in [0.25, 0.3) is 0 Å². The van der Waals surface area contributed by atoms with E-state index in [1.807, 2.05) is 6.08 Å². The summed E-state index contributed by atoms with van der Waals surface area (Å²) in [6, 6.07) is 22.7. The molecule has 0 amide bonds. The van der Waals surface area contributed by atoms with Gasteiger partial charge in [0.05, 0.1) is 0 Å². The highest BCUT2D eigenvalue weighted by molar-refractivity contribution is 5.25. The fourth-order valence-corrected chi connectivity index (χ4v) is 3.33. The van der Waals surface area contributed by atoms with Crippen molar-refractivity contribution in [1.82, 2.24) is 4.90 Å². The second kappa shape index (κ2) is 6.06. The van der Waals surface area contributed by atoms with Crippen LogP contribution in [-0.2, 0) is 0 Å². The maximum Gasteiger partial charge on any atom is 0.0358 e. The van der Waals surface area contributed by atoms with Crippen LogP contribution in [0.15, 0.2) is 73.3 Å². The summed E-state index contributed by atoms with van der Waals surface area (Å²) in [6.07, 6.45) is 4.46. The molecule has 0 N–H and O–H groups in total. The lowest BCUT2D eigenvalue weighted by molar-refractivity contribution is 0.218. The molecule has 0 spiro atoms. The second-order valence-electron chi connectivity index (χ2n) is 5.42. The molecule has 0 radical (unpaired) electrons. The molecule has 3 rings (SSSR count). The molecule has 102 valence electrons. The number of nitrogens with zero attached hydrogens (tertiary/aromatic N) is 1. The first kappa shape index (κ1) is 13.1. The Morgan fingerprint density at radius 1 is 0.850 bits per heavy atom. The van der Waals surface area contributed by atoms with Crippen LogP contribution in [0.25, 0.3) is 0 Å². The molecule has 2 atom stereocenters. The first-order chi connectivity index (χ1) is 9.90. The smallest absolute Gasteiger partial charge is 0.0358 e. The first-order valence-corrected chi connectivity index (χ1v) is 7.36. The molecule has 2 aromatic carbocycles. The van der Waals surface area contributed by atoms with E-state index in [9.17, 15) is 0 Å². The van der Waals surface area contributed by atoms with Gasteiger partial charge in [-0.1, -0.05) is 66.7 Å². The third-order valence-electron chi connectivity index (χ3n) is 4.22. The van der Waals surface area contributed by atoms with Gasteiger partial charge in [-0.05, 0) is 24.0 Å². The van der Waals surface area contributed by atoms with Crippen molar-refractivity contribution < 1.29 is 0 Å². The first-order valence-electron chi connectivity index (χ1n) is 7.36. The van der Waals surface area contributed by atoms with Crippen LogP contribution in [0.5, 0.6) is 0 Å². The summed E-state index contributed by atoms with van der Waals surface area (Å²) in [7, 11) is 0. The van der Waals surface area contributed by atoms with Crippen LogP contribution in [0.2, 0.25) is 0 Å². The molecule has 0 aromatic heterocycles. The SMILES string of the molecule is C=CCN1[C@H](c2ccccc2)CC[C@H]1c1ccccc1. The van der Waals surface area contributed by atoms with Crippen molar-refractivity contribution in [3.8, 4) is 0 Å². The van der Waals surface area contributed by atoms with E-state index in [0.29, 0.717) is 12.1 Å². The molecule has 2 aromatic rings. The van der Waals surface area contributed by atoms with Gasteiger partial charge in [0.15, 0.2) is 0 Å². The molecule has 1 heterocycles. The van der Waals surface area contributed by atoms with Gasteiger partial charge in [0.2, 0.25) is 0 Å². The van der Waals surface area contributed by atoms with Crippen molar-refractivity contribution in [2.24, 2.45) is 0 Å². The van der Waals surface area contributed by atoms with Crippen LogP contribution in [0.3, 0.4) is 0 Å². The average molecular weight is 263 g/mol. The van der Waals surface area contributed by atoms with Gasteiger partial charge in [-0.25, -0.2) is 0 Å². The van der Waals surface area contributed by atoms with Crippen molar-refractivity contribution in [3.63, 3.8) is 0 Å². The lowest BCUT2D eigenvalue weighted by atomic mass is 10.0. The lowest BCUT2D eigenvalue weighted by Gasteiger charge is -2.29. The molecular formula is C19H21N. The molecular weight excluding hydrogens is 242 g/mol. The molecule has 0 aliphatic carbocycles. The van der Waals surface area contributed by atoms with Crippen molar-refractivity contribution >= 4 is 0 Å². The third kappa shape index (κ3) is 2.54. The van der Waals surface area contributed by atoms with E-state index in [-0.39, 0.29) is 0 Å². The molecule has 1 nitrogen and oxygen atoms in total. The Morgan fingerprint density at radius 2 is 1.30 bits per heavy atom. The Balaban J connectivity index is 1.89. The van der Waals surface area contributed by atoms with Crippen LogP contribution >= 0.6 is 0 Å². The Kier molecular flexibility index (Phi) is 3.98. The van der Waals surface area contributed by atoms with Crippen molar-refractivity contribution in [1.29, 1.82) is 0 Å². The summed E-state index contributed by atoms with van der Waals surface area (Å²) in [5.41, 5.74) is 2.85. The largest absolute Gasteiger partial charge is 0.286 e. The van der Waals surface area contributed by atoms with Crippen LogP contribution in [0, 0.1) is 0 Å². The summed E-state index contributed by atoms with van der Waals surface area (Å²) in [5, 5.41) is 0. The van der Waals surface area contributed by atoms with Gasteiger partial charge in [0, 0.05) is 18.6 Å². The Morgan fingerprint density at radius 3 is 1.70 bits per heavy atom. The molecule has 0 unspecified atom stereocenters. The normalized spacial score (nSPS) is 22.8. The number of hydrogen-bond acceptors (Lipinski definition) is 1. The summed E-state index contributed by atoms with van der Waals surface area (Å²) in [5.74, 6) is 0. The topological polar surface area (TPSA) is 3.24 Å². The highest BCUT2D eigenvalue weighted by Gasteiger charge is 2.33. The highest BCUT2D eigenvalue weighted by atomic mass is 15.2. The van der Waals surface area contributed by atoms with E-state index in [4.69, 9.17) is 0 Å². The second-order valence-corrected chi connectivity index (χ2v) is 5.42. The van der Waals surface area contributed by atoms with Crippen molar-refractivity contribution in [2.75, 3.05) is 6.54 Å². The average Bonchev–Trinajstić information content (AvgIpc) is 2.93. The summed E-state index contributed by atoms with van der Waals surface area (Å²) in [4.78, 5) is 2.58. The van der Waals surface area contributed by atoms with E-state index in [0.717, 1.165) is 6.54 Å². The van der Waals surface area contributed by atoms with Crippen molar-refractivity contribution in [2.45, 2.75) is 24.9 Å². The Hall–Kier alpha value is -1.86. The third-order valence-corrected chi connectivity index (χ3v) is 4.22. The van der Waals surface area contributed by atoms with E-state index in [1.54, 1.807) is 0 Å². The van der Waals surface area contributed by atoms with E-state index in [2.05, 4.69) is 72.1 Å². The van der Waals surface area contributed by atoms with E-state index < -0.39 is 0 Å². The van der Waals surface area contributed by atoms with Crippen molar-refractivity contribution in [3.05, 3.63) is 84.4 Å². The Labute approximate surface area is 121 Å². The number of hydrogen-bond donors (Lipinski definition) is 0. The van der Waals surface area contributed by atoms with E-state index in [1.165, 1.54) is 24.0 Å². The molecule has 0 bridgehead atoms. The highest BCUT2D eigenvalue weighted by Crippen LogP contribution is 2.43. The minimum atomic E-state index is 0.513. The number of rotatable bonds is 4. The Bertz CT molecular complexity index is 499. The maximum absolute atomic E-state index is 3.94. The van der Waals surface area contributed by atoms with Gasteiger partial charge >= 0.3 is 0 Å². The lowest BCUT2D eigenvalue weighted by Crippen LogP contribution is -2.26. The molecule has 1 fully saturated rings. The molecule has 20 heavy (non-hydrogen) atoms. The summed E-state index contributed by atoms with van der Waals surface area (Å²) < 4.78 is 0. The molecule has 1 aliphatic heterocycles. The number of likely N-dealkylation sites (tertiary alicyclic amines) is 1. The molecule has 1 aliphatic rings. The number of benzene rings is 2. The summed E-state index contributed by atoms with van der Waals surface area (Å²) >= 11 is 0. The van der Waals surface area contributed by atoms with Gasteiger partial charge in [-0.3, -0.25) is 4.90 Å². The van der Waals surface area contributed by atoms with Gasteiger partial charge in [-0.15, -0.1) is 6.58 Å². The molecule has 1 saturated heterocycles. The van der Waals surface area contributed by atoms with Gasteiger partial charge in [-0.2, -0.15) is 0 Å². The quantitative estimate of drug-likeness (QED) is 0.719. The fraction of sp³-hybridized carbons (Fsp3) is 0.263. The fourth-order valence-electron chi connectivity index (χ4n) is 3.33. The predicted molar refractivity (Wildman–Crippen MR) is 84.5 cm³/mol. The van der Waals surface area contributed by atoms with Crippen LogP contribution < -0.4 is 0 Å². The monoisotopic (exact) mass is 263 g/mol. The van der Waals surface area contributed by atoms with Crippen LogP contribution in [0.4, 0.5) is 0 Å². The zero-order valence-electron chi connectivity index (χ0n) is 11.8.